The van der Waals surface area contributed by atoms with Crippen LogP contribution in [0.5, 0.6) is 0 Å². The molecule has 0 atom stereocenters. The van der Waals surface area contributed by atoms with Gasteiger partial charge in [0.25, 0.3) is 0 Å². The van der Waals surface area contributed by atoms with Gasteiger partial charge in [0.2, 0.25) is 0 Å². The van der Waals surface area contributed by atoms with Gasteiger partial charge in [-0.25, -0.2) is 0 Å². The number of alkyl halides is 1. The Morgan fingerprint density at radius 3 is 2.37 bits per heavy atom. The largest absolute Gasteiger partial charge is 0.370 e. The first-order valence-corrected chi connectivity index (χ1v) is 8.51. The lowest BCUT2D eigenvalue weighted by atomic mass is 9.75. The Balaban J connectivity index is 2.06. The monoisotopic (exact) mass is 343 g/mol. The molecule has 1 heterocycles. The van der Waals surface area contributed by atoms with Crippen LogP contribution in [0, 0.1) is 11.3 Å². The Kier molecular flexibility index (Phi) is 4.84. The van der Waals surface area contributed by atoms with Crippen molar-refractivity contribution in [3.63, 3.8) is 0 Å². The molecule has 0 radical (unpaired) electrons. The molecule has 0 bridgehead atoms. The minimum absolute atomic E-state index is 0.426. The highest BCUT2D eigenvalue weighted by Crippen LogP contribution is 2.37. The third-order valence-corrected chi connectivity index (χ3v) is 5.18. The quantitative estimate of drug-likeness (QED) is 0.640. The fourth-order valence-electron chi connectivity index (χ4n) is 2.88. The molecule has 19 heavy (non-hydrogen) atoms. The van der Waals surface area contributed by atoms with Crippen LogP contribution in [-0.2, 0) is 5.33 Å². The van der Waals surface area contributed by atoms with Crippen LogP contribution in [0.25, 0.3) is 0 Å². The molecule has 3 heteroatoms. The van der Waals surface area contributed by atoms with Crippen LogP contribution in [0.2, 0.25) is 5.02 Å². The van der Waals surface area contributed by atoms with E-state index < -0.39 is 0 Å². The Bertz CT molecular complexity index is 431. The maximum Gasteiger partial charge on any atom is 0.0642 e. The zero-order valence-corrected chi connectivity index (χ0v) is 14.4. The van der Waals surface area contributed by atoms with Gasteiger partial charge < -0.3 is 4.90 Å². The summed E-state index contributed by atoms with van der Waals surface area (Å²) in [6, 6.07) is 6.39. The summed E-state index contributed by atoms with van der Waals surface area (Å²) in [5.74, 6) is 0.823. The molecule has 0 saturated carbocycles. The van der Waals surface area contributed by atoms with E-state index in [0.29, 0.717) is 5.41 Å². The summed E-state index contributed by atoms with van der Waals surface area (Å²) in [5.41, 5.74) is 2.85. The second-order valence-electron chi connectivity index (χ2n) is 6.55. The van der Waals surface area contributed by atoms with Crippen LogP contribution in [-0.4, -0.2) is 13.1 Å². The second-order valence-corrected chi connectivity index (χ2v) is 7.51. The SMILES string of the molecule is CC(C)(C)C1CCN(c2ccc(CBr)cc2Cl)CC1. The number of benzene rings is 1. The van der Waals surface area contributed by atoms with E-state index in [1.54, 1.807) is 0 Å². The van der Waals surface area contributed by atoms with Gasteiger partial charge in [0.1, 0.15) is 0 Å². The average molecular weight is 345 g/mol. The first-order valence-electron chi connectivity index (χ1n) is 7.01. The predicted molar refractivity (Wildman–Crippen MR) is 88.5 cm³/mol. The van der Waals surface area contributed by atoms with Gasteiger partial charge in [0, 0.05) is 18.4 Å². The van der Waals surface area contributed by atoms with Crippen molar-refractivity contribution in [2.24, 2.45) is 11.3 Å². The van der Waals surface area contributed by atoms with Gasteiger partial charge in [0.05, 0.1) is 10.7 Å². The van der Waals surface area contributed by atoms with Crippen LogP contribution < -0.4 is 4.90 Å². The van der Waals surface area contributed by atoms with E-state index in [4.69, 9.17) is 11.6 Å². The highest BCUT2D eigenvalue weighted by Gasteiger charge is 2.29. The lowest BCUT2D eigenvalue weighted by molar-refractivity contribution is 0.199. The molecule has 106 valence electrons. The Morgan fingerprint density at radius 2 is 1.89 bits per heavy atom. The highest BCUT2D eigenvalue weighted by atomic mass is 79.9. The Labute approximate surface area is 130 Å². The normalized spacial score (nSPS) is 17.8. The molecule has 1 saturated heterocycles. The molecule has 1 aromatic carbocycles. The molecule has 1 aliphatic heterocycles. The molecule has 1 aliphatic rings. The van der Waals surface area contributed by atoms with Crippen molar-refractivity contribution in [1.29, 1.82) is 0 Å². The number of rotatable bonds is 2. The number of nitrogens with zero attached hydrogens (tertiary/aromatic N) is 1. The number of hydrogen-bond acceptors (Lipinski definition) is 1. The van der Waals surface area contributed by atoms with E-state index in [0.717, 1.165) is 29.4 Å². The molecule has 1 aromatic rings. The third kappa shape index (κ3) is 3.66. The molecular formula is C16H23BrClN. The number of hydrogen-bond donors (Lipinski definition) is 0. The van der Waals surface area contributed by atoms with Crippen LogP contribution in [0.1, 0.15) is 39.2 Å². The van der Waals surface area contributed by atoms with E-state index in [9.17, 15) is 0 Å². The van der Waals surface area contributed by atoms with E-state index in [1.165, 1.54) is 24.1 Å². The van der Waals surface area contributed by atoms with Gasteiger partial charge in [-0.3, -0.25) is 0 Å². The van der Waals surface area contributed by atoms with E-state index in [1.807, 2.05) is 0 Å². The predicted octanol–water partition coefficient (Wildman–Crippen LogP) is 5.50. The molecule has 0 aromatic heterocycles. The van der Waals surface area contributed by atoms with Gasteiger partial charge in [0.15, 0.2) is 0 Å². The van der Waals surface area contributed by atoms with Gasteiger partial charge in [-0.1, -0.05) is 54.4 Å². The van der Waals surface area contributed by atoms with E-state index >= 15 is 0 Å². The van der Waals surface area contributed by atoms with Gasteiger partial charge in [-0.05, 0) is 41.9 Å². The van der Waals surface area contributed by atoms with Crippen molar-refractivity contribution < 1.29 is 0 Å². The smallest absolute Gasteiger partial charge is 0.0642 e. The van der Waals surface area contributed by atoms with Crippen molar-refractivity contribution in [2.75, 3.05) is 18.0 Å². The molecule has 0 unspecified atom stereocenters. The number of anilines is 1. The molecule has 0 amide bonds. The van der Waals surface area contributed by atoms with Crippen molar-refractivity contribution >= 4 is 33.2 Å². The molecule has 0 N–H and O–H groups in total. The van der Waals surface area contributed by atoms with E-state index in [-0.39, 0.29) is 0 Å². The van der Waals surface area contributed by atoms with Crippen molar-refractivity contribution in [2.45, 2.75) is 38.9 Å². The molecule has 0 spiro atoms. The topological polar surface area (TPSA) is 3.24 Å². The lowest BCUT2D eigenvalue weighted by Gasteiger charge is -2.40. The first kappa shape index (κ1) is 15.2. The molecule has 1 fully saturated rings. The summed E-state index contributed by atoms with van der Waals surface area (Å²) in [7, 11) is 0. The van der Waals surface area contributed by atoms with Crippen LogP contribution >= 0.6 is 27.5 Å². The lowest BCUT2D eigenvalue weighted by Crippen LogP contribution is -2.38. The van der Waals surface area contributed by atoms with E-state index in [2.05, 4.69) is 59.8 Å². The molecule has 2 rings (SSSR count). The van der Waals surface area contributed by atoms with Crippen LogP contribution in [0.15, 0.2) is 18.2 Å². The van der Waals surface area contributed by atoms with Crippen LogP contribution in [0.3, 0.4) is 0 Å². The van der Waals surface area contributed by atoms with Gasteiger partial charge in [-0.2, -0.15) is 0 Å². The highest BCUT2D eigenvalue weighted by molar-refractivity contribution is 9.08. The molecular weight excluding hydrogens is 322 g/mol. The zero-order chi connectivity index (χ0) is 14.0. The minimum atomic E-state index is 0.426. The van der Waals surface area contributed by atoms with Gasteiger partial charge >= 0.3 is 0 Å². The first-order chi connectivity index (χ1) is 8.91. The maximum absolute atomic E-state index is 6.41. The number of halogens is 2. The average Bonchev–Trinajstić information content (AvgIpc) is 2.37. The zero-order valence-electron chi connectivity index (χ0n) is 12.0. The standard InChI is InChI=1S/C16H23BrClN/c1-16(2,3)13-6-8-19(9-7-13)15-5-4-12(11-17)10-14(15)18/h4-5,10,13H,6-9,11H2,1-3H3. The molecule has 1 nitrogen and oxygen atoms in total. The van der Waals surface area contributed by atoms with Crippen molar-refractivity contribution in [3.8, 4) is 0 Å². The summed E-state index contributed by atoms with van der Waals surface area (Å²) in [6.07, 6.45) is 2.53. The van der Waals surface area contributed by atoms with Crippen molar-refractivity contribution in [1.82, 2.24) is 0 Å². The number of piperidine rings is 1. The summed E-state index contributed by atoms with van der Waals surface area (Å²) in [5, 5.41) is 1.74. The fraction of sp³-hybridized carbons (Fsp3) is 0.625. The third-order valence-electron chi connectivity index (χ3n) is 4.23. The Morgan fingerprint density at radius 1 is 1.26 bits per heavy atom. The summed E-state index contributed by atoms with van der Waals surface area (Å²) in [6.45, 7) is 9.30. The second kappa shape index (κ2) is 6.05. The maximum atomic E-state index is 6.41. The van der Waals surface area contributed by atoms with Gasteiger partial charge in [-0.15, -0.1) is 0 Å². The fourth-order valence-corrected chi connectivity index (χ4v) is 3.55. The minimum Gasteiger partial charge on any atom is -0.370 e. The summed E-state index contributed by atoms with van der Waals surface area (Å²) >= 11 is 9.87. The van der Waals surface area contributed by atoms with Crippen LogP contribution in [0.4, 0.5) is 5.69 Å². The van der Waals surface area contributed by atoms with Crippen molar-refractivity contribution in [3.05, 3.63) is 28.8 Å². The summed E-state index contributed by atoms with van der Waals surface area (Å²) in [4.78, 5) is 2.43. The Hall–Kier alpha value is -0.210. The summed E-state index contributed by atoms with van der Waals surface area (Å²) < 4.78 is 0. The molecule has 0 aliphatic carbocycles.